The fourth-order valence-electron chi connectivity index (χ4n) is 0.391. The first-order valence-corrected chi connectivity index (χ1v) is 5.06. The third-order valence-corrected chi connectivity index (χ3v) is 1.49. The van der Waals surface area contributed by atoms with Crippen LogP contribution in [0.3, 0.4) is 0 Å². The van der Waals surface area contributed by atoms with Crippen LogP contribution in [-0.4, -0.2) is 45.9 Å². The molecule has 0 spiro atoms. The van der Waals surface area contributed by atoms with Gasteiger partial charge in [0.1, 0.15) is 6.10 Å². The van der Waals surface area contributed by atoms with Crippen LogP contribution in [0.25, 0.3) is 0 Å². The molecule has 5 heteroatoms. The van der Waals surface area contributed by atoms with Gasteiger partial charge in [0.05, 0.1) is 0 Å². The molecular weight excluding hydrogens is 200 g/mol. The number of ether oxygens (including phenoxy) is 1. The van der Waals surface area contributed by atoms with Crippen molar-refractivity contribution in [2.45, 2.75) is 52.4 Å². The van der Waals surface area contributed by atoms with Crippen molar-refractivity contribution in [2.75, 3.05) is 13.2 Å². The summed E-state index contributed by atoms with van der Waals surface area (Å²) >= 11 is 0. The van der Waals surface area contributed by atoms with Crippen molar-refractivity contribution in [3.8, 4) is 0 Å². The predicted octanol–water partition coefficient (Wildman–Crippen LogP) is 0.0663. The van der Waals surface area contributed by atoms with Crippen LogP contribution < -0.4 is 0 Å². The van der Waals surface area contributed by atoms with E-state index in [4.69, 9.17) is 20.1 Å². The molecule has 0 radical (unpaired) electrons. The van der Waals surface area contributed by atoms with Gasteiger partial charge in [-0.15, -0.1) is 0 Å². The molecule has 0 aliphatic heterocycles. The average Bonchev–Trinajstić information content (AvgIpc) is 2.05. The molecule has 0 rings (SSSR count). The zero-order valence-electron chi connectivity index (χ0n) is 10.2. The van der Waals surface area contributed by atoms with Crippen LogP contribution in [0.4, 0.5) is 0 Å². The van der Waals surface area contributed by atoms with E-state index in [9.17, 15) is 0 Å². The van der Waals surface area contributed by atoms with Gasteiger partial charge in [-0.2, -0.15) is 0 Å². The van der Waals surface area contributed by atoms with Crippen molar-refractivity contribution in [3.05, 3.63) is 0 Å². The van der Waals surface area contributed by atoms with Gasteiger partial charge in [-0.25, -0.2) is 0 Å². The van der Waals surface area contributed by atoms with Gasteiger partial charge in [-0.3, -0.25) is 0 Å². The minimum Gasteiger partial charge on any atom is -0.412 e. The lowest BCUT2D eigenvalue weighted by Gasteiger charge is -2.17. The Balaban J connectivity index is -0.000000180. The summed E-state index contributed by atoms with van der Waals surface area (Å²) in [6.45, 7) is 8.52. The van der Waals surface area contributed by atoms with Gasteiger partial charge in [-0.1, -0.05) is 13.8 Å². The Kier molecular flexibility index (Phi) is 16.0. The van der Waals surface area contributed by atoms with Crippen LogP contribution in [-0.2, 0) is 4.74 Å². The highest BCUT2D eigenvalue weighted by Crippen LogP contribution is 2.01. The van der Waals surface area contributed by atoms with Crippen molar-refractivity contribution >= 4 is 0 Å². The van der Waals surface area contributed by atoms with E-state index in [1.807, 2.05) is 0 Å². The highest BCUT2D eigenvalue weighted by Gasteiger charge is 2.21. The molecule has 0 aromatic carbocycles. The summed E-state index contributed by atoms with van der Waals surface area (Å²) < 4.78 is 5.13. The van der Waals surface area contributed by atoms with Gasteiger partial charge in [0.2, 0.25) is 0 Å². The summed E-state index contributed by atoms with van der Waals surface area (Å²) in [4.78, 5) is 0. The molecule has 5 nitrogen and oxygen atoms in total. The van der Waals surface area contributed by atoms with Gasteiger partial charge in [0, 0.05) is 13.2 Å². The van der Waals surface area contributed by atoms with Gasteiger partial charge in [-0.05, 0) is 26.7 Å². The minimum absolute atomic E-state index is 0. The van der Waals surface area contributed by atoms with Gasteiger partial charge in [0.15, 0.2) is 5.79 Å². The molecule has 15 heavy (non-hydrogen) atoms. The molecule has 0 saturated heterocycles. The first-order chi connectivity index (χ1) is 6.36. The summed E-state index contributed by atoms with van der Waals surface area (Å²) in [5.41, 5.74) is 0. The molecule has 0 aromatic rings. The first-order valence-electron chi connectivity index (χ1n) is 5.06. The lowest BCUT2D eigenvalue weighted by molar-refractivity contribution is -0.205. The highest BCUT2D eigenvalue weighted by molar-refractivity contribution is 4.61. The lowest BCUT2D eigenvalue weighted by atomic mass is 10.2. The molecule has 0 aliphatic carbocycles. The lowest BCUT2D eigenvalue weighted by Crippen LogP contribution is -2.36. The second-order valence-electron chi connectivity index (χ2n) is 3.38. The maximum Gasteiger partial charge on any atom is 0.186 e. The molecule has 96 valence electrons. The highest BCUT2D eigenvalue weighted by atomic mass is 16.5. The Hall–Kier alpha value is -0.200. The monoisotopic (exact) mass is 226 g/mol. The van der Waals surface area contributed by atoms with Crippen molar-refractivity contribution < 1.29 is 25.5 Å². The van der Waals surface area contributed by atoms with E-state index in [1.165, 1.54) is 6.92 Å². The Morgan fingerprint density at radius 2 is 1.40 bits per heavy atom. The summed E-state index contributed by atoms with van der Waals surface area (Å²) in [6.07, 6.45) is 1.19. The predicted molar refractivity (Wildman–Crippen MR) is 59.5 cm³/mol. The zero-order chi connectivity index (χ0) is 11.6. The Morgan fingerprint density at radius 1 is 1.13 bits per heavy atom. The number of aliphatic hydroxyl groups is 3. The van der Waals surface area contributed by atoms with Crippen molar-refractivity contribution in [3.63, 3.8) is 0 Å². The molecular formula is C10H26O5. The average molecular weight is 226 g/mol. The normalized spacial score (nSPS) is 12.2. The summed E-state index contributed by atoms with van der Waals surface area (Å²) in [5, 5.41) is 25.2. The molecule has 0 heterocycles. The molecule has 0 amide bonds. The topological polar surface area (TPSA) is 101 Å². The van der Waals surface area contributed by atoms with Crippen LogP contribution >= 0.6 is 0 Å². The molecule has 5 N–H and O–H groups in total. The number of rotatable bonds is 5. The van der Waals surface area contributed by atoms with E-state index in [1.54, 1.807) is 0 Å². The second-order valence-corrected chi connectivity index (χ2v) is 3.38. The molecule has 0 aromatic heterocycles. The summed E-state index contributed by atoms with van der Waals surface area (Å²) in [5.74, 6) is -1.94. The second kappa shape index (κ2) is 11.9. The third kappa shape index (κ3) is 20.0. The van der Waals surface area contributed by atoms with Crippen LogP contribution in [0.5, 0.6) is 0 Å². The van der Waals surface area contributed by atoms with E-state index in [-0.39, 0.29) is 5.48 Å². The van der Waals surface area contributed by atoms with E-state index >= 15 is 0 Å². The first kappa shape index (κ1) is 20.2. The largest absolute Gasteiger partial charge is 0.412 e. The standard InChI is InChI=1S/C6H14O.C4H10O3.H2O/c1-3-5-7-6-4-2;1-3(5)4(2,6)7;/h3-6H2,1-2H3;3,5-7H,1-2H3;1H2. The molecule has 0 aliphatic rings. The summed E-state index contributed by atoms with van der Waals surface area (Å²) in [6, 6.07) is 0. The van der Waals surface area contributed by atoms with Crippen LogP contribution in [0, 0.1) is 0 Å². The zero-order valence-corrected chi connectivity index (χ0v) is 10.2. The number of hydrogen-bond donors (Lipinski definition) is 3. The molecule has 0 bridgehead atoms. The van der Waals surface area contributed by atoms with E-state index < -0.39 is 11.9 Å². The van der Waals surface area contributed by atoms with Crippen molar-refractivity contribution in [2.24, 2.45) is 0 Å². The van der Waals surface area contributed by atoms with Gasteiger partial charge < -0.3 is 25.5 Å². The number of aliphatic hydroxyl groups excluding tert-OH is 1. The van der Waals surface area contributed by atoms with Crippen LogP contribution in [0.15, 0.2) is 0 Å². The van der Waals surface area contributed by atoms with Crippen LogP contribution in [0.1, 0.15) is 40.5 Å². The fraction of sp³-hybridized carbons (Fsp3) is 1.00. The molecule has 0 saturated carbocycles. The SMILES string of the molecule is CC(O)C(C)(O)O.CCCOCCC.O. The number of hydrogen-bond acceptors (Lipinski definition) is 4. The maximum atomic E-state index is 8.40. The third-order valence-electron chi connectivity index (χ3n) is 1.49. The summed E-state index contributed by atoms with van der Waals surface area (Å²) in [7, 11) is 0. The smallest absolute Gasteiger partial charge is 0.186 e. The van der Waals surface area contributed by atoms with Crippen molar-refractivity contribution in [1.82, 2.24) is 0 Å². The Morgan fingerprint density at radius 3 is 1.53 bits per heavy atom. The Bertz CT molecular complexity index is 105. The quantitative estimate of drug-likeness (QED) is 0.456. The fourth-order valence-corrected chi connectivity index (χ4v) is 0.391. The Labute approximate surface area is 92.0 Å². The molecule has 1 atom stereocenters. The van der Waals surface area contributed by atoms with Crippen molar-refractivity contribution in [1.29, 1.82) is 0 Å². The maximum absolute atomic E-state index is 8.40. The minimum atomic E-state index is -1.94. The van der Waals surface area contributed by atoms with E-state index in [0.29, 0.717) is 0 Å². The van der Waals surface area contributed by atoms with E-state index in [2.05, 4.69) is 13.8 Å². The van der Waals surface area contributed by atoms with E-state index in [0.717, 1.165) is 33.0 Å². The molecule has 0 fully saturated rings. The van der Waals surface area contributed by atoms with Gasteiger partial charge in [0.25, 0.3) is 0 Å². The molecule has 1 unspecified atom stereocenters. The van der Waals surface area contributed by atoms with Gasteiger partial charge >= 0.3 is 0 Å². The van der Waals surface area contributed by atoms with Crippen LogP contribution in [0.2, 0.25) is 0 Å².